The summed E-state index contributed by atoms with van der Waals surface area (Å²) in [5.74, 6) is 0. The van der Waals surface area contributed by atoms with Gasteiger partial charge in [0.2, 0.25) is 0 Å². The highest BCUT2D eigenvalue weighted by Crippen LogP contribution is 2.43. The maximum Gasteiger partial charge on any atom is 0.0843 e. The molecule has 1 aliphatic rings. The van der Waals surface area contributed by atoms with Gasteiger partial charge in [0, 0.05) is 36.0 Å². The second-order valence-corrected chi connectivity index (χ2v) is 9.70. The van der Waals surface area contributed by atoms with Gasteiger partial charge in [0.25, 0.3) is 0 Å². The summed E-state index contributed by atoms with van der Waals surface area (Å²) in [4.78, 5) is 0. The van der Waals surface area contributed by atoms with Crippen LogP contribution in [0.15, 0.2) is 97.1 Å². The summed E-state index contributed by atoms with van der Waals surface area (Å²) >= 11 is 0. The van der Waals surface area contributed by atoms with Crippen molar-refractivity contribution in [3.8, 4) is 22.4 Å². The number of nitrogens with one attached hydrogen (secondary N) is 1. The number of fused-ring (bicyclic) bond motifs is 3. The van der Waals surface area contributed by atoms with Crippen LogP contribution in [-0.2, 0) is 11.3 Å². The normalized spacial score (nSPS) is 16.6. The third kappa shape index (κ3) is 4.44. The summed E-state index contributed by atoms with van der Waals surface area (Å²) < 4.78 is 8.08. The van der Waals surface area contributed by atoms with Gasteiger partial charge in [-0.2, -0.15) is 0 Å². The molecular weight excluding hydrogens is 444 g/mol. The van der Waals surface area contributed by atoms with Gasteiger partial charge in [-0.05, 0) is 29.4 Å². The Morgan fingerprint density at radius 1 is 0.833 bits per heavy atom. The molecule has 0 spiro atoms. The third-order valence-electron chi connectivity index (χ3n) is 7.23. The molecule has 36 heavy (non-hydrogen) atoms. The molecule has 2 atom stereocenters. The first-order valence-corrected chi connectivity index (χ1v) is 12.9. The summed E-state index contributed by atoms with van der Waals surface area (Å²) in [7, 11) is 0. The average Bonchev–Trinajstić information content (AvgIpc) is 3.56. The highest BCUT2D eigenvalue weighted by atomic mass is 16.5. The topological polar surface area (TPSA) is 46.4 Å². The van der Waals surface area contributed by atoms with Gasteiger partial charge < -0.3 is 19.7 Å². The molecule has 1 fully saturated rings. The van der Waals surface area contributed by atoms with Gasteiger partial charge in [-0.15, -0.1) is 0 Å². The SMILES string of the molecule is O[C@H](CNC[C@H]1CCCO1)Cn1c(-c2ccccc2)c(-c2ccccc2)c2ccc3ccccc3c21. The van der Waals surface area contributed by atoms with Gasteiger partial charge in [0.05, 0.1) is 30.0 Å². The predicted molar refractivity (Wildman–Crippen MR) is 148 cm³/mol. The molecule has 0 amide bonds. The van der Waals surface area contributed by atoms with Crippen LogP contribution in [0.25, 0.3) is 44.1 Å². The maximum atomic E-state index is 11.2. The number of rotatable bonds is 8. The molecule has 0 radical (unpaired) electrons. The van der Waals surface area contributed by atoms with E-state index in [9.17, 15) is 5.11 Å². The van der Waals surface area contributed by atoms with Crippen LogP contribution in [0.2, 0.25) is 0 Å². The fourth-order valence-corrected chi connectivity index (χ4v) is 5.59. The average molecular weight is 477 g/mol. The molecule has 0 bridgehead atoms. The molecule has 4 nitrogen and oxygen atoms in total. The molecule has 1 aromatic heterocycles. The van der Waals surface area contributed by atoms with Crippen molar-refractivity contribution in [1.29, 1.82) is 0 Å². The van der Waals surface area contributed by atoms with E-state index in [1.807, 2.05) is 0 Å². The summed E-state index contributed by atoms with van der Waals surface area (Å²) in [5, 5.41) is 18.3. The van der Waals surface area contributed by atoms with Gasteiger partial charge in [0.1, 0.15) is 0 Å². The molecule has 5 aromatic rings. The van der Waals surface area contributed by atoms with E-state index >= 15 is 0 Å². The number of nitrogens with zero attached hydrogens (tertiary/aromatic N) is 1. The zero-order valence-electron chi connectivity index (χ0n) is 20.4. The van der Waals surface area contributed by atoms with E-state index in [0.29, 0.717) is 13.1 Å². The zero-order valence-corrected chi connectivity index (χ0v) is 20.4. The molecule has 2 N–H and O–H groups in total. The lowest BCUT2D eigenvalue weighted by Gasteiger charge is -2.19. The van der Waals surface area contributed by atoms with Crippen LogP contribution in [0.3, 0.4) is 0 Å². The van der Waals surface area contributed by atoms with Crippen LogP contribution in [0, 0.1) is 0 Å². The van der Waals surface area contributed by atoms with E-state index in [4.69, 9.17) is 4.74 Å². The summed E-state index contributed by atoms with van der Waals surface area (Å²) in [6.45, 7) is 2.66. The van der Waals surface area contributed by atoms with E-state index in [0.717, 1.165) is 37.3 Å². The first-order chi connectivity index (χ1) is 17.8. The third-order valence-corrected chi connectivity index (χ3v) is 7.23. The molecule has 1 saturated heterocycles. The van der Waals surface area contributed by atoms with Crippen LogP contribution in [0.5, 0.6) is 0 Å². The molecule has 0 unspecified atom stereocenters. The Balaban J connectivity index is 1.50. The molecule has 0 aliphatic carbocycles. The fourth-order valence-electron chi connectivity index (χ4n) is 5.59. The summed E-state index contributed by atoms with van der Waals surface area (Å²) in [6.07, 6.45) is 1.95. The highest BCUT2D eigenvalue weighted by molar-refractivity contribution is 6.15. The minimum absolute atomic E-state index is 0.262. The first-order valence-electron chi connectivity index (χ1n) is 12.9. The summed E-state index contributed by atoms with van der Waals surface area (Å²) in [5.41, 5.74) is 5.86. The maximum absolute atomic E-state index is 11.2. The van der Waals surface area contributed by atoms with Crippen LogP contribution in [-0.4, -0.2) is 41.6 Å². The minimum atomic E-state index is -0.535. The lowest BCUT2D eigenvalue weighted by Crippen LogP contribution is -2.35. The summed E-state index contributed by atoms with van der Waals surface area (Å²) in [6, 6.07) is 34.2. The van der Waals surface area contributed by atoms with E-state index in [1.54, 1.807) is 0 Å². The van der Waals surface area contributed by atoms with Gasteiger partial charge in [-0.3, -0.25) is 0 Å². The molecule has 2 heterocycles. The van der Waals surface area contributed by atoms with Crippen molar-refractivity contribution < 1.29 is 9.84 Å². The molecule has 6 rings (SSSR count). The van der Waals surface area contributed by atoms with Crippen molar-refractivity contribution in [3.05, 3.63) is 97.1 Å². The second-order valence-electron chi connectivity index (χ2n) is 9.70. The van der Waals surface area contributed by atoms with E-state index in [-0.39, 0.29) is 6.10 Å². The number of aliphatic hydroxyl groups excluding tert-OH is 1. The van der Waals surface area contributed by atoms with Crippen LogP contribution >= 0.6 is 0 Å². The van der Waals surface area contributed by atoms with Crippen LogP contribution in [0.1, 0.15) is 12.8 Å². The number of aromatic nitrogens is 1. The number of hydrogen-bond donors (Lipinski definition) is 2. The van der Waals surface area contributed by atoms with Crippen molar-refractivity contribution in [3.63, 3.8) is 0 Å². The second kappa shape index (κ2) is 10.3. The Kier molecular flexibility index (Phi) is 6.56. The smallest absolute Gasteiger partial charge is 0.0843 e. The van der Waals surface area contributed by atoms with Crippen molar-refractivity contribution in [1.82, 2.24) is 9.88 Å². The predicted octanol–water partition coefficient (Wildman–Crippen LogP) is 6.26. The highest BCUT2D eigenvalue weighted by Gasteiger charge is 2.23. The van der Waals surface area contributed by atoms with Gasteiger partial charge >= 0.3 is 0 Å². The van der Waals surface area contributed by atoms with E-state index in [1.165, 1.54) is 32.8 Å². The quantitative estimate of drug-likeness (QED) is 0.278. The van der Waals surface area contributed by atoms with Gasteiger partial charge in [-0.25, -0.2) is 0 Å². The molecule has 4 aromatic carbocycles. The van der Waals surface area contributed by atoms with Crippen molar-refractivity contribution in [2.75, 3.05) is 19.7 Å². The number of ether oxygens (including phenoxy) is 1. The van der Waals surface area contributed by atoms with Crippen molar-refractivity contribution in [2.24, 2.45) is 0 Å². The number of hydrogen-bond acceptors (Lipinski definition) is 3. The Morgan fingerprint density at radius 3 is 2.31 bits per heavy atom. The Labute approximate surface area is 212 Å². The number of benzene rings is 4. The standard InChI is InChI=1S/C32H32N2O2/c35-26(20-33-21-27-15-9-19-36-27)22-34-31(25-13-5-2-6-14-25)30(24-11-3-1-4-12-24)29-18-17-23-10-7-8-16-28(23)32(29)34/h1-8,10-14,16-18,26-27,33,35H,9,15,19-22H2/t26-,27-/m1/s1. The first kappa shape index (κ1) is 23.0. The minimum Gasteiger partial charge on any atom is -0.390 e. The fraction of sp³-hybridized carbons (Fsp3) is 0.250. The van der Waals surface area contributed by atoms with E-state index in [2.05, 4.69) is 107 Å². The zero-order chi connectivity index (χ0) is 24.3. The van der Waals surface area contributed by atoms with Crippen molar-refractivity contribution >= 4 is 21.7 Å². The van der Waals surface area contributed by atoms with Crippen molar-refractivity contribution in [2.45, 2.75) is 31.6 Å². The molecule has 4 heteroatoms. The van der Waals surface area contributed by atoms with Gasteiger partial charge in [-0.1, -0.05) is 97.1 Å². The molecule has 0 saturated carbocycles. The van der Waals surface area contributed by atoms with Gasteiger partial charge in [0.15, 0.2) is 0 Å². The lowest BCUT2D eigenvalue weighted by molar-refractivity contribution is 0.101. The van der Waals surface area contributed by atoms with E-state index < -0.39 is 6.10 Å². The molecule has 182 valence electrons. The molecular formula is C32H32N2O2. The Hall–Kier alpha value is -3.44. The number of aliphatic hydroxyl groups is 1. The van der Waals surface area contributed by atoms with Crippen LogP contribution in [0.4, 0.5) is 0 Å². The monoisotopic (exact) mass is 476 g/mol. The lowest BCUT2D eigenvalue weighted by atomic mass is 9.97. The Bertz CT molecular complexity index is 1450. The largest absolute Gasteiger partial charge is 0.390 e. The Morgan fingerprint density at radius 2 is 1.56 bits per heavy atom. The van der Waals surface area contributed by atoms with Crippen LogP contribution < -0.4 is 5.32 Å². The molecule has 1 aliphatic heterocycles.